The molecule has 1 N–H and O–H groups in total. The zero-order valence-corrected chi connectivity index (χ0v) is 62.7. The minimum Gasteiger partial charge on any atom is -0.376 e. The molecule has 2 aliphatic rings. The van der Waals surface area contributed by atoms with E-state index in [4.69, 9.17) is 0 Å². The summed E-state index contributed by atoms with van der Waals surface area (Å²) in [4.78, 5) is 4.63. The molecule has 0 atom stereocenters. The molecular weight excluding hydrogens is 1440 g/mol. The molecule has 7 heteroatoms. The Kier molecular flexibility index (Phi) is 22.3. The number of para-hydroxylation sites is 1. The molecule has 0 aliphatic heterocycles. The van der Waals surface area contributed by atoms with Crippen molar-refractivity contribution in [3.05, 3.63) is 363 Å². The number of fused-ring (bicyclic) bond motifs is 6. The smallest absolute Gasteiger partial charge is 0.141 e. The summed E-state index contributed by atoms with van der Waals surface area (Å²) in [5.41, 5.74) is 25.8. The van der Waals surface area contributed by atoms with Gasteiger partial charge in [0.15, 0.2) is 0 Å². The number of benzene rings is 12. The first-order valence-corrected chi connectivity index (χ1v) is 37.5. The number of rotatable bonds is 19. The Morgan fingerprint density at radius 1 is 0.289 bits per heavy atom. The van der Waals surface area contributed by atoms with Gasteiger partial charge in [-0.15, -0.1) is 0 Å². The number of nitrogens with zero attached hydrogens (tertiary/aromatic N) is 2. The SMILES string of the molecule is CCCCCCc1ccc(C2(O)c3cc(Br)ccc3-c3ccc(Br)cc32)cc1.CCCCCCc1ccc(C2(c3ccc(N(c4ccc(C)cc4)c4ccc(C)cc4)cc3)c3cc(Br)ccc3-c3ccc(Br)cc32)cc1.Cc1ccc(N(c2ccccc2)c2ccc(C)cc2)cc1. The second-order valence-electron chi connectivity index (χ2n) is 26.1. The molecule has 0 spiro atoms. The fourth-order valence-corrected chi connectivity index (χ4v) is 15.5. The lowest BCUT2D eigenvalue weighted by molar-refractivity contribution is 0.130. The monoisotopic (exact) mass is 1520 g/mol. The van der Waals surface area contributed by atoms with Gasteiger partial charge in [-0.2, -0.15) is 0 Å². The van der Waals surface area contributed by atoms with E-state index in [1.807, 2.05) is 30.3 Å². The van der Waals surface area contributed by atoms with Crippen molar-refractivity contribution in [1.29, 1.82) is 0 Å². The van der Waals surface area contributed by atoms with Crippen molar-refractivity contribution in [2.24, 2.45) is 0 Å². The first-order chi connectivity index (χ1) is 47.1. The fraction of sp³-hybridized carbons (Fsp3) is 0.200. The van der Waals surface area contributed by atoms with Crippen LogP contribution in [0.4, 0.5) is 34.1 Å². The van der Waals surface area contributed by atoms with Gasteiger partial charge in [-0.1, -0.05) is 290 Å². The third kappa shape index (κ3) is 15.1. The number of aryl methyl sites for hydroxylation is 6. The lowest BCUT2D eigenvalue weighted by Gasteiger charge is -2.35. The number of anilines is 6. The minimum atomic E-state index is -1.14. The van der Waals surface area contributed by atoms with Crippen molar-refractivity contribution < 1.29 is 5.11 Å². The van der Waals surface area contributed by atoms with E-state index in [-0.39, 0.29) is 0 Å². The predicted octanol–water partition coefficient (Wildman–Crippen LogP) is 27.2. The molecule has 3 nitrogen and oxygen atoms in total. The van der Waals surface area contributed by atoms with Crippen LogP contribution >= 0.6 is 63.7 Å². The van der Waals surface area contributed by atoms with Gasteiger partial charge in [0.1, 0.15) is 5.60 Å². The number of hydrogen-bond donors (Lipinski definition) is 1. The van der Waals surface area contributed by atoms with Crippen LogP contribution in [-0.4, -0.2) is 5.11 Å². The van der Waals surface area contributed by atoms with Gasteiger partial charge in [-0.3, -0.25) is 0 Å². The average Bonchev–Trinajstić information content (AvgIpc) is 1.56. The predicted molar refractivity (Wildman–Crippen MR) is 425 cm³/mol. The van der Waals surface area contributed by atoms with Crippen LogP contribution in [0.5, 0.6) is 0 Å². The minimum absolute atomic E-state index is 0.476. The Balaban J connectivity index is 0.000000154. The van der Waals surface area contributed by atoms with Gasteiger partial charge >= 0.3 is 0 Å². The molecular formula is C90H84Br4N2O. The highest BCUT2D eigenvalue weighted by Gasteiger charge is 2.47. The van der Waals surface area contributed by atoms with Gasteiger partial charge in [0.05, 0.1) is 5.41 Å². The molecule has 0 radical (unpaired) electrons. The highest BCUT2D eigenvalue weighted by Crippen LogP contribution is 2.58. The molecule has 0 heterocycles. The van der Waals surface area contributed by atoms with Crippen LogP contribution in [0.15, 0.2) is 291 Å². The largest absolute Gasteiger partial charge is 0.376 e. The van der Waals surface area contributed by atoms with E-state index in [1.165, 1.54) is 135 Å². The van der Waals surface area contributed by atoms with E-state index in [9.17, 15) is 5.11 Å². The van der Waals surface area contributed by atoms with Crippen molar-refractivity contribution in [3.63, 3.8) is 0 Å². The molecule has 97 heavy (non-hydrogen) atoms. The van der Waals surface area contributed by atoms with Crippen LogP contribution in [0.3, 0.4) is 0 Å². The summed E-state index contributed by atoms with van der Waals surface area (Å²) < 4.78 is 4.13. The second-order valence-corrected chi connectivity index (χ2v) is 29.8. The van der Waals surface area contributed by atoms with Gasteiger partial charge in [0.2, 0.25) is 0 Å². The molecule has 14 rings (SSSR count). The Hall–Kier alpha value is -7.88. The Labute approximate surface area is 609 Å². The number of aliphatic hydroxyl groups is 1. The van der Waals surface area contributed by atoms with Crippen LogP contribution < -0.4 is 9.80 Å². The molecule has 0 amide bonds. The van der Waals surface area contributed by atoms with Crippen LogP contribution in [0.1, 0.15) is 138 Å². The summed E-state index contributed by atoms with van der Waals surface area (Å²) in [6.45, 7) is 13.0. The molecule has 0 fully saturated rings. The summed E-state index contributed by atoms with van der Waals surface area (Å²) in [5.74, 6) is 0. The summed E-state index contributed by atoms with van der Waals surface area (Å²) in [6.07, 6.45) is 12.4. The zero-order valence-electron chi connectivity index (χ0n) is 56.4. The third-order valence-corrected chi connectivity index (χ3v) is 21.2. The van der Waals surface area contributed by atoms with E-state index in [1.54, 1.807) is 0 Å². The van der Waals surface area contributed by atoms with E-state index in [0.717, 1.165) is 75.6 Å². The molecule has 0 bridgehead atoms. The van der Waals surface area contributed by atoms with Crippen LogP contribution in [0, 0.1) is 27.7 Å². The van der Waals surface area contributed by atoms with Crippen molar-refractivity contribution in [1.82, 2.24) is 0 Å². The first-order valence-electron chi connectivity index (χ1n) is 34.3. The van der Waals surface area contributed by atoms with E-state index in [2.05, 4.69) is 358 Å². The molecule has 0 saturated heterocycles. The molecule has 12 aromatic rings. The molecule has 488 valence electrons. The fourth-order valence-electron chi connectivity index (χ4n) is 14.1. The maximum Gasteiger partial charge on any atom is 0.141 e. The van der Waals surface area contributed by atoms with Crippen molar-refractivity contribution in [2.75, 3.05) is 9.80 Å². The summed E-state index contributed by atoms with van der Waals surface area (Å²) in [7, 11) is 0. The van der Waals surface area contributed by atoms with Crippen LogP contribution in [0.25, 0.3) is 22.3 Å². The maximum absolute atomic E-state index is 12.0. The number of halogens is 4. The van der Waals surface area contributed by atoms with Crippen molar-refractivity contribution >= 4 is 97.8 Å². The van der Waals surface area contributed by atoms with E-state index < -0.39 is 11.0 Å². The Morgan fingerprint density at radius 2 is 0.567 bits per heavy atom. The number of unbranched alkanes of at least 4 members (excludes halogenated alkanes) is 6. The van der Waals surface area contributed by atoms with E-state index >= 15 is 0 Å². The average molecular weight is 1530 g/mol. The van der Waals surface area contributed by atoms with Gasteiger partial charge < -0.3 is 14.9 Å². The normalized spacial score (nSPS) is 12.6. The topological polar surface area (TPSA) is 26.7 Å². The summed E-state index contributed by atoms with van der Waals surface area (Å²) in [5, 5.41) is 12.0. The second kappa shape index (κ2) is 31.3. The summed E-state index contributed by atoms with van der Waals surface area (Å²) >= 11 is 14.9. The third-order valence-electron chi connectivity index (χ3n) is 19.2. The lowest BCUT2D eigenvalue weighted by atomic mass is 9.67. The molecule has 0 aromatic heterocycles. The van der Waals surface area contributed by atoms with Crippen molar-refractivity contribution in [2.45, 2.75) is 117 Å². The highest BCUT2D eigenvalue weighted by atomic mass is 79.9. The van der Waals surface area contributed by atoms with E-state index in [0.29, 0.717) is 0 Å². The number of hydrogen-bond acceptors (Lipinski definition) is 3. The van der Waals surface area contributed by atoms with Gasteiger partial charge in [0.25, 0.3) is 0 Å². The maximum atomic E-state index is 12.0. The first kappa shape index (κ1) is 69.0. The molecule has 2 aliphatic carbocycles. The molecule has 0 saturated carbocycles. The summed E-state index contributed by atoms with van der Waals surface area (Å²) in [6, 6.07) is 98.6. The Morgan fingerprint density at radius 3 is 0.897 bits per heavy atom. The highest BCUT2D eigenvalue weighted by molar-refractivity contribution is 9.11. The molecule has 12 aromatic carbocycles. The standard InChI is InChI=1S/C45H41Br2N.C25H24Br2O.C20H19N/c1-4-5-6-7-8-33-13-15-34(16-14-33)45(43-29-36(46)19-27-41(43)42-28-20-37(47)30-44(42)45)35-17-25-40(26-18-35)48(38-21-9-31(2)10-22-38)39-23-11-32(3)12-24-39;1-2-3-4-5-6-17-7-9-18(10-8-17)25(28)23-15-19(26)11-13-21(23)22-14-12-20(27)16-24(22)25;1-16-8-12-19(13-9-16)21(18-6-4-3-5-7-18)20-14-10-17(2)11-15-20/h9-30H,4-8H2,1-3H3;7-16,28H,2-6H2,1H3;3-15H,1-2H3. The van der Waals surface area contributed by atoms with Crippen LogP contribution in [-0.2, 0) is 23.9 Å². The van der Waals surface area contributed by atoms with Crippen molar-refractivity contribution in [3.8, 4) is 22.3 Å². The van der Waals surface area contributed by atoms with Gasteiger partial charge in [0, 0.05) is 63.1 Å². The van der Waals surface area contributed by atoms with Gasteiger partial charge in [-0.25, -0.2) is 0 Å². The zero-order chi connectivity index (χ0) is 67.6. The van der Waals surface area contributed by atoms with Gasteiger partial charge in [-0.05, 0) is 236 Å². The van der Waals surface area contributed by atoms with Crippen LogP contribution in [0.2, 0.25) is 0 Å². The lowest BCUT2D eigenvalue weighted by Crippen LogP contribution is -2.28. The molecule has 0 unspecified atom stereocenters. The Bertz CT molecular complexity index is 4410. The quantitative estimate of drug-likeness (QED) is 0.0818.